The molecule has 0 spiro atoms. The second kappa shape index (κ2) is 7.04. The lowest BCUT2D eigenvalue weighted by atomic mass is 10.1. The SMILES string of the molecule is CCOC(=O)CCNC(=O)c1cc(Cl)nc2ccccc12. The van der Waals surface area contributed by atoms with Gasteiger partial charge >= 0.3 is 5.97 Å². The highest BCUT2D eigenvalue weighted by atomic mass is 35.5. The second-order valence-electron chi connectivity index (χ2n) is 4.32. The minimum atomic E-state index is -0.338. The van der Waals surface area contributed by atoms with Crippen molar-refractivity contribution in [2.24, 2.45) is 0 Å². The molecule has 0 atom stereocenters. The van der Waals surface area contributed by atoms with Crippen LogP contribution in [0.5, 0.6) is 0 Å². The molecule has 0 aliphatic heterocycles. The fourth-order valence-electron chi connectivity index (χ4n) is 1.94. The number of hydrogen-bond donors (Lipinski definition) is 1. The fourth-order valence-corrected chi connectivity index (χ4v) is 2.14. The van der Waals surface area contributed by atoms with Crippen molar-refractivity contribution in [3.8, 4) is 0 Å². The zero-order valence-electron chi connectivity index (χ0n) is 11.6. The third-order valence-corrected chi connectivity index (χ3v) is 3.04. The van der Waals surface area contributed by atoms with Crippen molar-refractivity contribution in [2.75, 3.05) is 13.2 Å². The maximum absolute atomic E-state index is 12.2. The van der Waals surface area contributed by atoms with Gasteiger partial charge in [0.1, 0.15) is 5.15 Å². The number of ether oxygens (including phenoxy) is 1. The van der Waals surface area contributed by atoms with E-state index in [2.05, 4.69) is 10.3 Å². The molecule has 0 fully saturated rings. The zero-order valence-corrected chi connectivity index (χ0v) is 12.3. The molecule has 6 heteroatoms. The number of fused-ring (bicyclic) bond motifs is 1. The van der Waals surface area contributed by atoms with Gasteiger partial charge in [-0.25, -0.2) is 4.98 Å². The number of benzene rings is 1. The highest BCUT2D eigenvalue weighted by Crippen LogP contribution is 2.20. The molecule has 0 saturated carbocycles. The van der Waals surface area contributed by atoms with Crippen LogP contribution in [0.3, 0.4) is 0 Å². The number of pyridine rings is 1. The topological polar surface area (TPSA) is 68.3 Å². The van der Waals surface area contributed by atoms with Gasteiger partial charge in [0.05, 0.1) is 24.1 Å². The number of aromatic nitrogens is 1. The van der Waals surface area contributed by atoms with Crippen LogP contribution < -0.4 is 5.32 Å². The first-order valence-corrected chi connectivity index (χ1v) is 6.98. The van der Waals surface area contributed by atoms with Gasteiger partial charge in [-0.3, -0.25) is 9.59 Å². The lowest BCUT2D eigenvalue weighted by molar-refractivity contribution is -0.142. The average molecular weight is 307 g/mol. The Bertz CT molecular complexity index is 673. The number of nitrogens with zero attached hydrogens (tertiary/aromatic N) is 1. The Labute approximate surface area is 127 Å². The van der Waals surface area contributed by atoms with E-state index in [0.29, 0.717) is 17.7 Å². The fraction of sp³-hybridized carbons (Fsp3) is 0.267. The number of amides is 1. The molecule has 0 bridgehead atoms. The molecule has 110 valence electrons. The first kappa shape index (κ1) is 15.3. The van der Waals surface area contributed by atoms with Crippen LogP contribution in [-0.4, -0.2) is 30.0 Å². The number of carbonyl (C=O) groups is 2. The molecule has 0 saturated heterocycles. The van der Waals surface area contributed by atoms with Gasteiger partial charge in [-0.2, -0.15) is 0 Å². The molecule has 21 heavy (non-hydrogen) atoms. The van der Waals surface area contributed by atoms with E-state index in [1.807, 2.05) is 12.1 Å². The molecule has 0 radical (unpaired) electrons. The monoisotopic (exact) mass is 306 g/mol. The van der Waals surface area contributed by atoms with E-state index < -0.39 is 0 Å². The van der Waals surface area contributed by atoms with Crippen LogP contribution in [0.4, 0.5) is 0 Å². The van der Waals surface area contributed by atoms with Crippen LogP contribution in [-0.2, 0) is 9.53 Å². The maximum atomic E-state index is 12.2. The molecule has 1 heterocycles. The predicted molar refractivity (Wildman–Crippen MR) is 80.3 cm³/mol. The van der Waals surface area contributed by atoms with Crippen LogP contribution in [0.25, 0.3) is 10.9 Å². The third kappa shape index (κ3) is 3.92. The molecule has 1 aromatic heterocycles. The van der Waals surface area contributed by atoms with Gasteiger partial charge in [0, 0.05) is 11.9 Å². The summed E-state index contributed by atoms with van der Waals surface area (Å²) in [5, 5.41) is 3.65. The molecule has 0 unspecified atom stereocenters. The summed E-state index contributed by atoms with van der Waals surface area (Å²) in [4.78, 5) is 27.6. The number of esters is 1. The molecule has 2 rings (SSSR count). The van der Waals surface area contributed by atoms with Crippen LogP contribution in [0.15, 0.2) is 30.3 Å². The number of para-hydroxylation sites is 1. The second-order valence-corrected chi connectivity index (χ2v) is 4.71. The van der Waals surface area contributed by atoms with Crippen molar-refractivity contribution >= 4 is 34.4 Å². The number of halogens is 1. The lowest BCUT2D eigenvalue weighted by Crippen LogP contribution is -2.26. The summed E-state index contributed by atoms with van der Waals surface area (Å²) in [5.74, 6) is -0.629. The summed E-state index contributed by atoms with van der Waals surface area (Å²) in [6.45, 7) is 2.28. The number of carbonyl (C=O) groups excluding carboxylic acids is 2. The van der Waals surface area contributed by atoms with Gasteiger partial charge in [-0.15, -0.1) is 0 Å². The Balaban J connectivity index is 2.11. The number of rotatable bonds is 5. The van der Waals surface area contributed by atoms with Gasteiger partial charge in [0.2, 0.25) is 0 Å². The van der Waals surface area contributed by atoms with E-state index in [-0.39, 0.29) is 30.0 Å². The van der Waals surface area contributed by atoms with Gasteiger partial charge in [-0.05, 0) is 19.1 Å². The molecule has 2 aromatic rings. The molecule has 1 amide bonds. The van der Waals surface area contributed by atoms with E-state index in [4.69, 9.17) is 16.3 Å². The van der Waals surface area contributed by atoms with Crippen LogP contribution >= 0.6 is 11.6 Å². The van der Waals surface area contributed by atoms with Crippen molar-refractivity contribution in [1.29, 1.82) is 0 Å². The highest BCUT2D eigenvalue weighted by Gasteiger charge is 2.12. The average Bonchev–Trinajstić information content (AvgIpc) is 2.46. The first-order valence-electron chi connectivity index (χ1n) is 6.61. The van der Waals surface area contributed by atoms with Crippen molar-refractivity contribution in [3.05, 3.63) is 41.0 Å². The van der Waals surface area contributed by atoms with Gasteiger partial charge in [0.15, 0.2) is 0 Å². The van der Waals surface area contributed by atoms with E-state index in [1.54, 1.807) is 19.1 Å². The largest absolute Gasteiger partial charge is 0.466 e. The highest BCUT2D eigenvalue weighted by molar-refractivity contribution is 6.30. The first-order chi connectivity index (χ1) is 10.1. The maximum Gasteiger partial charge on any atom is 0.307 e. The Hall–Kier alpha value is -2.14. The normalized spacial score (nSPS) is 10.4. The zero-order chi connectivity index (χ0) is 15.2. The number of nitrogens with one attached hydrogen (secondary N) is 1. The predicted octanol–water partition coefficient (Wildman–Crippen LogP) is 2.57. The third-order valence-electron chi connectivity index (χ3n) is 2.85. The van der Waals surface area contributed by atoms with Crippen LogP contribution in [0.1, 0.15) is 23.7 Å². The summed E-state index contributed by atoms with van der Waals surface area (Å²) >= 11 is 5.93. The smallest absolute Gasteiger partial charge is 0.307 e. The summed E-state index contributed by atoms with van der Waals surface area (Å²) < 4.78 is 4.80. The minimum absolute atomic E-state index is 0.135. The molecular formula is C15H15ClN2O3. The molecule has 5 nitrogen and oxygen atoms in total. The molecule has 0 aliphatic rings. The van der Waals surface area contributed by atoms with Crippen molar-refractivity contribution in [2.45, 2.75) is 13.3 Å². The van der Waals surface area contributed by atoms with E-state index in [0.717, 1.165) is 5.39 Å². The summed E-state index contributed by atoms with van der Waals surface area (Å²) in [6, 6.07) is 8.76. The number of hydrogen-bond acceptors (Lipinski definition) is 4. The van der Waals surface area contributed by atoms with Crippen molar-refractivity contribution < 1.29 is 14.3 Å². The summed E-state index contributed by atoms with van der Waals surface area (Å²) in [5.41, 5.74) is 1.09. The summed E-state index contributed by atoms with van der Waals surface area (Å²) in [7, 11) is 0. The van der Waals surface area contributed by atoms with Crippen molar-refractivity contribution in [1.82, 2.24) is 10.3 Å². The Morgan fingerprint density at radius 1 is 1.33 bits per heavy atom. The molecule has 1 N–H and O–H groups in total. The van der Waals surface area contributed by atoms with Crippen LogP contribution in [0.2, 0.25) is 5.15 Å². The van der Waals surface area contributed by atoms with Gasteiger partial charge < -0.3 is 10.1 Å². The van der Waals surface area contributed by atoms with Gasteiger partial charge in [-0.1, -0.05) is 29.8 Å². The summed E-state index contributed by atoms with van der Waals surface area (Å²) in [6.07, 6.45) is 0.135. The van der Waals surface area contributed by atoms with E-state index in [1.165, 1.54) is 6.07 Å². The Morgan fingerprint density at radius 3 is 2.86 bits per heavy atom. The molecule has 1 aromatic carbocycles. The quantitative estimate of drug-likeness (QED) is 0.681. The van der Waals surface area contributed by atoms with Crippen LogP contribution in [0, 0.1) is 0 Å². The van der Waals surface area contributed by atoms with E-state index >= 15 is 0 Å². The molecular weight excluding hydrogens is 292 g/mol. The standard InChI is InChI=1S/C15H15ClN2O3/c1-2-21-14(19)7-8-17-15(20)11-9-13(16)18-12-6-4-3-5-10(11)12/h3-6,9H,2,7-8H2,1H3,(H,17,20). The molecule has 0 aliphatic carbocycles. The van der Waals surface area contributed by atoms with E-state index in [9.17, 15) is 9.59 Å². The Morgan fingerprint density at radius 2 is 2.10 bits per heavy atom. The lowest BCUT2D eigenvalue weighted by Gasteiger charge is -2.08. The van der Waals surface area contributed by atoms with Gasteiger partial charge in [0.25, 0.3) is 5.91 Å². The van der Waals surface area contributed by atoms with Crippen molar-refractivity contribution in [3.63, 3.8) is 0 Å². The Kier molecular flexibility index (Phi) is 5.11. The minimum Gasteiger partial charge on any atom is -0.466 e.